The highest BCUT2D eigenvalue weighted by atomic mass is 35.5. The van der Waals surface area contributed by atoms with Crippen molar-refractivity contribution >= 4 is 29.1 Å². The van der Waals surface area contributed by atoms with E-state index < -0.39 is 0 Å². The summed E-state index contributed by atoms with van der Waals surface area (Å²) in [5, 5.41) is 3.55. The van der Waals surface area contributed by atoms with E-state index in [-0.39, 0.29) is 11.8 Å². The van der Waals surface area contributed by atoms with Crippen molar-refractivity contribution in [1.29, 1.82) is 0 Å². The number of hydrogen-bond donors (Lipinski definition) is 2. The Labute approximate surface area is 151 Å². The molecular weight excluding hydrogens is 342 g/mol. The van der Waals surface area contributed by atoms with Crippen molar-refractivity contribution in [3.63, 3.8) is 0 Å². The third kappa shape index (κ3) is 4.21. The summed E-state index contributed by atoms with van der Waals surface area (Å²) in [7, 11) is 0. The van der Waals surface area contributed by atoms with E-state index in [9.17, 15) is 9.59 Å². The average Bonchev–Trinajstić information content (AvgIpc) is 3.13. The molecule has 1 aromatic carbocycles. The first-order chi connectivity index (χ1) is 12.0. The molecule has 2 aromatic rings. The summed E-state index contributed by atoms with van der Waals surface area (Å²) in [6.45, 7) is 4.93. The molecule has 0 aliphatic carbocycles. The van der Waals surface area contributed by atoms with Crippen molar-refractivity contribution in [2.24, 2.45) is 0 Å². The predicted octanol–water partition coefficient (Wildman–Crippen LogP) is 1.22. The first-order valence-corrected chi connectivity index (χ1v) is 8.63. The number of quaternary nitrogens is 1. The molecule has 0 unspecified atom stereocenters. The lowest BCUT2D eigenvalue weighted by atomic mass is 10.2. The maximum Gasteiger partial charge on any atom is 0.289 e. The second-order valence-electron chi connectivity index (χ2n) is 6.16. The van der Waals surface area contributed by atoms with E-state index in [1.807, 2.05) is 19.1 Å². The van der Waals surface area contributed by atoms with Crippen LogP contribution in [0, 0.1) is 6.92 Å². The minimum absolute atomic E-state index is 0.0498. The number of nitrogens with zero attached hydrogens (tertiary/aromatic N) is 1. The molecule has 0 saturated carbocycles. The third-order valence-corrected chi connectivity index (χ3v) is 4.85. The molecule has 1 aliphatic heterocycles. The van der Waals surface area contributed by atoms with Gasteiger partial charge in [0.15, 0.2) is 12.3 Å². The van der Waals surface area contributed by atoms with Gasteiger partial charge in [0.1, 0.15) is 0 Å². The van der Waals surface area contributed by atoms with Gasteiger partial charge in [-0.1, -0.05) is 17.7 Å². The van der Waals surface area contributed by atoms with Gasteiger partial charge in [-0.25, -0.2) is 0 Å². The molecule has 2 heterocycles. The Morgan fingerprint density at radius 3 is 2.68 bits per heavy atom. The van der Waals surface area contributed by atoms with Gasteiger partial charge < -0.3 is 19.5 Å². The molecule has 0 spiro atoms. The normalized spacial score (nSPS) is 15.2. The van der Waals surface area contributed by atoms with Gasteiger partial charge in [-0.3, -0.25) is 9.59 Å². The topological polar surface area (TPSA) is 67.0 Å². The van der Waals surface area contributed by atoms with Crippen LogP contribution in [0.5, 0.6) is 0 Å². The van der Waals surface area contributed by atoms with Gasteiger partial charge in [-0.2, -0.15) is 0 Å². The number of amides is 2. The fourth-order valence-electron chi connectivity index (χ4n) is 2.92. The summed E-state index contributed by atoms with van der Waals surface area (Å²) >= 11 is 6.08. The Balaban J connectivity index is 1.49. The van der Waals surface area contributed by atoms with Crippen LogP contribution in [0.2, 0.25) is 5.02 Å². The summed E-state index contributed by atoms with van der Waals surface area (Å²) in [5.74, 6) is 0.215. The van der Waals surface area contributed by atoms with Crippen LogP contribution in [0.25, 0.3) is 0 Å². The van der Waals surface area contributed by atoms with Crippen molar-refractivity contribution in [2.45, 2.75) is 6.92 Å². The van der Waals surface area contributed by atoms with Gasteiger partial charge >= 0.3 is 0 Å². The fourth-order valence-corrected chi connectivity index (χ4v) is 3.10. The SMILES string of the molecule is Cc1c(Cl)cccc1NC(=O)C[NH+]1CCN(C(=O)c2ccco2)CC1. The number of piperazine rings is 1. The number of hydrogen-bond acceptors (Lipinski definition) is 3. The van der Waals surface area contributed by atoms with Crippen LogP contribution in [-0.2, 0) is 4.79 Å². The maximum absolute atomic E-state index is 12.3. The highest BCUT2D eigenvalue weighted by Gasteiger charge is 2.27. The molecule has 25 heavy (non-hydrogen) atoms. The van der Waals surface area contributed by atoms with Crippen molar-refractivity contribution in [3.8, 4) is 0 Å². The van der Waals surface area contributed by atoms with E-state index in [1.54, 1.807) is 23.1 Å². The number of halogens is 1. The predicted molar refractivity (Wildman–Crippen MR) is 95.0 cm³/mol. The Morgan fingerprint density at radius 2 is 2.00 bits per heavy atom. The zero-order valence-corrected chi connectivity index (χ0v) is 14.8. The van der Waals surface area contributed by atoms with Crippen molar-refractivity contribution in [1.82, 2.24) is 4.90 Å². The third-order valence-electron chi connectivity index (χ3n) is 4.44. The van der Waals surface area contributed by atoms with Gasteiger partial charge in [0.2, 0.25) is 0 Å². The van der Waals surface area contributed by atoms with Crippen LogP contribution in [0.1, 0.15) is 16.1 Å². The molecule has 132 valence electrons. The highest BCUT2D eigenvalue weighted by Crippen LogP contribution is 2.22. The van der Waals surface area contributed by atoms with Crippen LogP contribution in [0.4, 0.5) is 5.69 Å². The van der Waals surface area contributed by atoms with Crippen molar-refractivity contribution < 1.29 is 18.9 Å². The molecule has 0 bridgehead atoms. The quantitative estimate of drug-likeness (QED) is 0.859. The summed E-state index contributed by atoms with van der Waals surface area (Å²) in [6, 6.07) is 8.83. The Hall–Kier alpha value is -2.31. The second-order valence-corrected chi connectivity index (χ2v) is 6.56. The van der Waals surface area contributed by atoms with E-state index in [2.05, 4.69) is 5.32 Å². The lowest BCUT2D eigenvalue weighted by molar-refractivity contribution is -0.895. The number of anilines is 1. The lowest BCUT2D eigenvalue weighted by Crippen LogP contribution is -3.15. The maximum atomic E-state index is 12.3. The largest absolute Gasteiger partial charge is 0.459 e. The molecule has 7 heteroatoms. The molecule has 2 N–H and O–H groups in total. The monoisotopic (exact) mass is 362 g/mol. The molecule has 1 fully saturated rings. The van der Waals surface area contributed by atoms with E-state index in [1.165, 1.54) is 6.26 Å². The number of furan rings is 1. The highest BCUT2D eigenvalue weighted by molar-refractivity contribution is 6.31. The molecule has 3 rings (SSSR count). The van der Waals surface area contributed by atoms with Crippen LogP contribution < -0.4 is 10.2 Å². The zero-order valence-electron chi connectivity index (χ0n) is 14.0. The van der Waals surface area contributed by atoms with Gasteiger partial charge in [-0.05, 0) is 36.8 Å². The van der Waals surface area contributed by atoms with Gasteiger partial charge in [-0.15, -0.1) is 0 Å². The summed E-state index contributed by atoms with van der Waals surface area (Å²) in [6.07, 6.45) is 1.50. The Kier molecular flexibility index (Phi) is 5.40. The summed E-state index contributed by atoms with van der Waals surface area (Å²) in [4.78, 5) is 27.4. The summed E-state index contributed by atoms with van der Waals surface area (Å²) < 4.78 is 5.15. The van der Waals surface area contributed by atoms with Crippen LogP contribution in [0.15, 0.2) is 41.0 Å². The fraction of sp³-hybridized carbons (Fsp3) is 0.333. The number of rotatable bonds is 4. The first-order valence-electron chi connectivity index (χ1n) is 8.26. The van der Waals surface area contributed by atoms with Crippen LogP contribution in [-0.4, -0.2) is 49.4 Å². The van der Waals surface area contributed by atoms with E-state index in [0.717, 1.165) is 29.2 Å². The lowest BCUT2D eigenvalue weighted by Gasteiger charge is -2.31. The molecule has 0 atom stereocenters. The van der Waals surface area contributed by atoms with Crippen molar-refractivity contribution in [3.05, 3.63) is 52.9 Å². The Morgan fingerprint density at radius 1 is 1.24 bits per heavy atom. The number of nitrogens with one attached hydrogen (secondary N) is 2. The van der Waals surface area contributed by atoms with E-state index >= 15 is 0 Å². The van der Waals surface area contributed by atoms with Gasteiger partial charge in [0, 0.05) is 10.7 Å². The average molecular weight is 363 g/mol. The van der Waals surface area contributed by atoms with E-state index in [0.29, 0.717) is 30.4 Å². The zero-order chi connectivity index (χ0) is 17.8. The molecule has 1 aromatic heterocycles. The minimum atomic E-state index is -0.0944. The van der Waals surface area contributed by atoms with Gasteiger partial charge in [0.05, 0.1) is 32.4 Å². The molecule has 2 amide bonds. The standard InChI is InChI=1S/C18H20ClN3O3/c1-13-14(19)4-2-5-15(13)20-17(23)12-21-7-9-22(10-8-21)18(24)16-6-3-11-25-16/h2-6,11H,7-10,12H2,1H3,(H,20,23)/p+1. The van der Waals surface area contributed by atoms with Gasteiger partial charge in [0.25, 0.3) is 11.8 Å². The smallest absolute Gasteiger partial charge is 0.289 e. The van der Waals surface area contributed by atoms with Crippen molar-refractivity contribution in [2.75, 3.05) is 38.0 Å². The van der Waals surface area contributed by atoms with Crippen LogP contribution >= 0.6 is 11.6 Å². The molecule has 1 aliphatic rings. The molecule has 1 saturated heterocycles. The molecular formula is C18H21ClN3O3+. The van der Waals surface area contributed by atoms with E-state index in [4.69, 9.17) is 16.0 Å². The number of benzene rings is 1. The number of carbonyl (C=O) groups is 2. The van der Waals surface area contributed by atoms with Crippen LogP contribution in [0.3, 0.4) is 0 Å². The second kappa shape index (κ2) is 7.72. The summed E-state index contributed by atoms with van der Waals surface area (Å²) in [5.41, 5.74) is 1.60. The molecule has 6 nitrogen and oxygen atoms in total. The molecule has 0 radical (unpaired) electrons. The first kappa shape index (κ1) is 17.5. The number of carbonyl (C=O) groups excluding carboxylic acids is 2. The minimum Gasteiger partial charge on any atom is -0.459 e. The Bertz CT molecular complexity index is 753.